The third kappa shape index (κ3) is 4.15. The first kappa shape index (κ1) is 15.5. The molecule has 0 saturated heterocycles. The van der Waals surface area contributed by atoms with Crippen LogP contribution in [0.1, 0.15) is 68.2 Å². The zero-order valence-electron chi connectivity index (χ0n) is 12.3. The van der Waals surface area contributed by atoms with E-state index >= 15 is 0 Å². The van der Waals surface area contributed by atoms with Crippen LogP contribution in [0.15, 0.2) is 0 Å². The number of hydrogen-bond donors (Lipinski definition) is 1. The highest BCUT2D eigenvalue weighted by Gasteiger charge is 2.42. The van der Waals surface area contributed by atoms with E-state index in [2.05, 4.69) is 53.8 Å². The predicted octanol–water partition coefficient (Wildman–Crippen LogP) is 3.75. The van der Waals surface area contributed by atoms with Crippen LogP contribution in [-0.2, 0) is 4.79 Å². The van der Waals surface area contributed by atoms with Crippen LogP contribution in [0, 0.1) is 10.8 Å². The molecule has 0 aromatic carbocycles. The molecule has 0 aliphatic carbocycles. The molecule has 0 saturated carbocycles. The lowest BCUT2D eigenvalue weighted by Crippen LogP contribution is -2.57. The molecule has 0 aliphatic heterocycles. The quantitative estimate of drug-likeness (QED) is 0.778. The van der Waals surface area contributed by atoms with Gasteiger partial charge in [0, 0.05) is 12.5 Å². The van der Waals surface area contributed by atoms with E-state index in [4.69, 9.17) is 0 Å². The lowest BCUT2D eigenvalue weighted by molar-refractivity contribution is -0.123. The topological polar surface area (TPSA) is 29.1 Å². The highest BCUT2D eigenvalue weighted by atomic mass is 16.1. The van der Waals surface area contributed by atoms with Gasteiger partial charge in [-0.15, -0.1) is 0 Å². The minimum Gasteiger partial charge on any atom is -0.351 e. The average Bonchev–Trinajstić information content (AvgIpc) is 1.98. The van der Waals surface area contributed by atoms with Gasteiger partial charge < -0.3 is 5.32 Å². The Balaban J connectivity index is 5.11. The Labute approximate surface area is 101 Å². The Morgan fingerprint density at radius 2 is 1.50 bits per heavy atom. The third-order valence-corrected chi connectivity index (χ3v) is 3.71. The lowest BCUT2D eigenvalue weighted by atomic mass is 9.65. The van der Waals surface area contributed by atoms with Crippen LogP contribution in [0.25, 0.3) is 0 Å². The van der Waals surface area contributed by atoms with E-state index in [-0.39, 0.29) is 22.3 Å². The average molecular weight is 227 g/mol. The standard InChI is InChI=1S/C14H29NO/c1-9-13(6,7)14(8,15-11(2)16)10-12(3,4)5/h9-10H2,1-8H3,(H,15,16). The number of rotatable bonds is 4. The first-order valence-corrected chi connectivity index (χ1v) is 6.22. The molecule has 0 radical (unpaired) electrons. The van der Waals surface area contributed by atoms with Crippen molar-refractivity contribution in [3.05, 3.63) is 0 Å². The fourth-order valence-corrected chi connectivity index (χ4v) is 2.29. The molecule has 1 amide bonds. The van der Waals surface area contributed by atoms with Crippen molar-refractivity contribution < 1.29 is 4.79 Å². The van der Waals surface area contributed by atoms with Crippen molar-refractivity contribution in [2.45, 2.75) is 73.8 Å². The monoisotopic (exact) mass is 227 g/mol. The smallest absolute Gasteiger partial charge is 0.217 e. The van der Waals surface area contributed by atoms with Gasteiger partial charge >= 0.3 is 0 Å². The summed E-state index contributed by atoms with van der Waals surface area (Å²) in [5.41, 5.74) is 0.168. The van der Waals surface area contributed by atoms with Gasteiger partial charge in [0.2, 0.25) is 5.91 Å². The Bertz CT molecular complexity index is 250. The van der Waals surface area contributed by atoms with Crippen molar-refractivity contribution in [2.75, 3.05) is 0 Å². The molecule has 0 fully saturated rings. The second-order valence-electron chi connectivity index (χ2n) is 6.99. The van der Waals surface area contributed by atoms with E-state index in [0.717, 1.165) is 12.8 Å². The molecule has 1 N–H and O–H groups in total. The first-order valence-electron chi connectivity index (χ1n) is 6.22. The van der Waals surface area contributed by atoms with E-state index in [9.17, 15) is 4.79 Å². The van der Waals surface area contributed by atoms with Gasteiger partial charge in [-0.2, -0.15) is 0 Å². The maximum Gasteiger partial charge on any atom is 0.217 e. The Kier molecular flexibility index (Phi) is 4.61. The van der Waals surface area contributed by atoms with Crippen molar-refractivity contribution in [3.8, 4) is 0 Å². The number of carbonyl (C=O) groups is 1. The van der Waals surface area contributed by atoms with Gasteiger partial charge in [-0.1, -0.05) is 41.5 Å². The van der Waals surface area contributed by atoms with Crippen LogP contribution in [0.3, 0.4) is 0 Å². The Morgan fingerprint density at radius 3 is 1.75 bits per heavy atom. The van der Waals surface area contributed by atoms with Crippen LogP contribution in [0.2, 0.25) is 0 Å². The molecule has 96 valence electrons. The van der Waals surface area contributed by atoms with Crippen LogP contribution >= 0.6 is 0 Å². The first-order chi connectivity index (χ1) is 6.93. The molecule has 0 bridgehead atoms. The molecule has 2 nitrogen and oxygen atoms in total. The molecule has 2 heteroatoms. The summed E-state index contributed by atoms with van der Waals surface area (Å²) in [6, 6.07) is 0. The van der Waals surface area contributed by atoms with Gasteiger partial charge in [0.05, 0.1) is 0 Å². The second-order valence-corrected chi connectivity index (χ2v) is 6.99. The zero-order valence-corrected chi connectivity index (χ0v) is 12.3. The summed E-state index contributed by atoms with van der Waals surface area (Å²) in [5, 5.41) is 3.17. The number of hydrogen-bond acceptors (Lipinski definition) is 1. The van der Waals surface area contributed by atoms with E-state index in [1.165, 1.54) is 0 Å². The summed E-state index contributed by atoms with van der Waals surface area (Å²) in [5.74, 6) is 0.0632. The predicted molar refractivity (Wildman–Crippen MR) is 70.4 cm³/mol. The maximum atomic E-state index is 11.4. The van der Waals surface area contributed by atoms with Crippen LogP contribution in [0.4, 0.5) is 0 Å². The van der Waals surface area contributed by atoms with Crippen molar-refractivity contribution in [1.82, 2.24) is 5.32 Å². The fourth-order valence-electron chi connectivity index (χ4n) is 2.29. The molecule has 0 heterocycles. The van der Waals surface area contributed by atoms with Gasteiger partial charge in [0.25, 0.3) is 0 Å². The number of amides is 1. The summed E-state index contributed by atoms with van der Waals surface area (Å²) in [6.45, 7) is 17.1. The summed E-state index contributed by atoms with van der Waals surface area (Å²) in [4.78, 5) is 11.4. The van der Waals surface area contributed by atoms with E-state index < -0.39 is 0 Å². The number of nitrogens with one attached hydrogen (secondary N) is 1. The zero-order chi connectivity index (χ0) is 13.2. The van der Waals surface area contributed by atoms with Crippen LogP contribution in [-0.4, -0.2) is 11.4 Å². The molecular weight excluding hydrogens is 198 g/mol. The Hall–Kier alpha value is -0.530. The lowest BCUT2D eigenvalue weighted by Gasteiger charge is -2.47. The van der Waals surface area contributed by atoms with E-state index in [1.54, 1.807) is 6.92 Å². The van der Waals surface area contributed by atoms with Crippen molar-refractivity contribution in [1.29, 1.82) is 0 Å². The summed E-state index contributed by atoms with van der Waals surface area (Å²) in [6.07, 6.45) is 2.04. The van der Waals surface area contributed by atoms with E-state index in [0.29, 0.717) is 0 Å². The van der Waals surface area contributed by atoms with Crippen molar-refractivity contribution >= 4 is 5.91 Å². The fraction of sp³-hybridized carbons (Fsp3) is 0.929. The Morgan fingerprint density at radius 1 is 1.06 bits per heavy atom. The molecule has 0 spiro atoms. The van der Waals surface area contributed by atoms with E-state index in [1.807, 2.05) is 0 Å². The normalized spacial score (nSPS) is 16.8. The highest BCUT2D eigenvalue weighted by Crippen LogP contribution is 2.41. The molecule has 16 heavy (non-hydrogen) atoms. The third-order valence-electron chi connectivity index (χ3n) is 3.71. The summed E-state index contributed by atoms with van der Waals surface area (Å²) in [7, 11) is 0. The minimum atomic E-state index is -0.147. The van der Waals surface area contributed by atoms with Crippen molar-refractivity contribution in [2.24, 2.45) is 10.8 Å². The second kappa shape index (κ2) is 4.77. The molecule has 0 aromatic rings. The van der Waals surface area contributed by atoms with Gasteiger partial charge in [-0.05, 0) is 30.6 Å². The maximum absolute atomic E-state index is 11.4. The largest absolute Gasteiger partial charge is 0.351 e. The molecule has 1 unspecified atom stereocenters. The summed E-state index contributed by atoms with van der Waals surface area (Å²) >= 11 is 0. The highest BCUT2D eigenvalue weighted by molar-refractivity contribution is 5.73. The molecule has 0 aromatic heterocycles. The van der Waals surface area contributed by atoms with Gasteiger partial charge in [0.15, 0.2) is 0 Å². The molecule has 0 rings (SSSR count). The molecule has 0 aliphatic rings. The van der Waals surface area contributed by atoms with Crippen LogP contribution in [0.5, 0.6) is 0 Å². The van der Waals surface area contributed by atoms with Gasteiger partial charge in [-0.3, -0.25) is 4.79 Å². The van der Waals surface area contributed by atoms with Crippen molar-refractivity contribution in [3.63, 3.8) is 0 Å². The SMILES string of the molecule is CCC(C)(C)C(C)(CC(C)(C)C)NC(C)=O. The number of carbonyl (C=O) groups excluding carboxylic acids is 1. The molecule has 1 atom stereocenters. The summed E-state index contributed by atoms with van der Waals surface area (Å²) < 4.78 is 0. The minimum absolute atomic E-state index is 0.0632. The van der Waals surface area contributed by atoms with Crippen LogP contribution < -0.4 is 5.32 Å². The molecular formula is C14H29NO. The van der Waals surface area contributed by atoms with Gasteiger partial charge in [0.1, 0.15) is 0 Å². The van der Waals surface area contributed by atoms with Gasteiger partial charge in [-0.25, -0.2) is 0 Å².